The van der Waals surface area contributed by atoms with Crippen LogP contribution >= 0.6 is 22.9 Å². The van der Waals surface area contributed by atoms with E-state index < -0.39 is 0 Å². The Morgan fingerprint density at radius 2 is 1.74 bits per heavy atom. The van der Waals surface area contributed by atoms with E-state index in [1.54, 1.807) is 18.2 Å². The van der Waals surface area contributed by atoms with Crippen LogP contribution in [0.2, 0.25) is 5.02 Å². The summed E-state index contributed by atoms with van der Waals surface area (Å²) in [5.74, 6) is 0.141. The predicted octanol–water partition coefficient (Wildman–Crippen LogP) is 6.71. The Bertz CT molecular complexity index is 1510. The quantitative estimate of drug-likeness (QED) is 0.293. The Morgan fingerprint density at radius 1 is 0.971 bits per heavy atom. The van der Waals surface area contributed by atoms with Gasteiger partial charge in [0.25, 0.3) is 0 Å². The van der Waals surface area contributed by atoms with Crippen molar-refractivity contribution in [3.8, 4) is 22.7 Å². The van der Waals surface area contributed by atoms with Crippen LogP contribution in [0.3, 0.4) is 0 Å². The van der Waals surface area contributed by atoms with Crippen molar-refractivity contribution in [3.63, 3.8) is 0 Å². The van der Waals surface area contributed by atoms with E-state index in [0.29, 0.717) is 16.3 Å². The zero-order valence-electron chi connectivity index (χ0n) is 18.5. The van der Waals surface area contributed by atoms with Crippen LogP contribution in [-0.2, 0) is 0 Å². The first-order chi connectivity index (χ1) is 17.2. The molecule has 3 aromatic carbocycles. The summed E-state index contributed by atoms with van der Waals surface area (Å²) in [7, 11) is 0. The third kappa shape index (κ3) is 4.20. The van der Waals surface area contributed by atoms with Crippen LogP contribution in [0.25, 0.3) is 16.9 Å². The van der Waals surface area contributed by atoms with Crippen LogP contribution in [0.1, 0.15) is 23.6 Å². The first-order valence-corrected chi connectivity index (χ1v) is 12.4. The number of nitrogens with zero attached hydrogens (tertiary/aromatic N) is 5. The van der Waals surface area contributed by atoms with E-state index in [1.807, 2.05) is 76.0 Å². The van der Waals surface area contributed by atoms with Gasteiger partial charge in [0.2, 0.25) is 5.13 Å². The number of benzene rings is 3. The number of hydrogen-bond acceptors (Lipinski definition) is 6. The zero-order valence-corrected chi connectivity index (χ0v) is 20.1. The SMILES string of the molecule is Oc1ccc(Cl)cc1-c1csc(N2N=C(c3ccccc3)CC2c2cnn(-c3ccccc3)c2)n1. The molecule has 1 aliphatic heterocycles. The van der Waals surface area contributed by atoms with Gasteiger partial charge in [0.05, 0.1) is 29.3 Å². The van der Waals surface area contributed by atoms with Crippen molar-refractivity contribution in [2.24, 2.45) is 5.10 Å². The molecule has 3 heterocycles. The van der Waals surface area contributed by atoms with Gasteiger partial charge in [-0.2, -0.15) is 10.2 Å². The molecule has 0 bridgehead atoms. The molecule has 2 aromatic heterocycles. The molecule has 0 saturated carbocycles. The van der Waals surface area contributed by atoms with Gasteiger partial charge in [0, 0.05) is 34.1 Å². The fourth-order valence-electron chi connectivity index (χ4n) is 4.19. The van der Waals surface area contributed by atoms with E-state index in [2.05, 4.69) is 17.2 Å². The highest BCUT2D eigenvalue weighted by atomic mass is 35.5. The molecule has 1 atom stereocenters. The monoisotopic (exact) mass is 497 g/mol. The average Bonchev–Trinajstić information content (AvgIpc) is 3.65. The Labute approximate surface area is 211 Å². The molecule has 1 N–H and O–H groups in total. The van der Waals surface area contributed by atoms with Crippen LogP contribution in [0, 0.1) is 0 Å². The molecular weight excluding hydrogens is 478 g/mol. The summed E-state index contributed by atoms with van der Waals surface area (Å²) in [5.41, 5.74) is 5.38. The Morgan fingerprint density at radius 3 is 2.54 bits per heavy atom. The lowest BCUT2D eigenvalue weighted by Crippen LogP contribution is -2.18. The lowest BCUT2D eigenvalue weighted by atomic mass is 10.0. The number of anilines is 1. The highest BCUT2D eigenvalue weighted by Gasteiger charge is 2.33. The van der Waals surface area contributed by atoms with Crippen LogP contribution < -0.4 is 5.01 Å². The summed E-state index contributed by atoms with van der Waals surface area (Å²) in [5, 5.41) is 25.1. The molecular formula is C27H20ClN5OS. The van der Waals surface area contributed by atoms with Gasteiger partial charge < -0.3 is 5.11 Å². The van der Waals surface area contributed by atoms with Crippen molar-refractivity contribution >= 4 is 33.8 Å². The van der Waals surface area contributed by atoms with E-state index in [0.717, 1.165) is 34.1 Å². The fraction of sp³-hybridized carbons (Fsp3) is 0.0741. The topological polar surface area (TPSA) is 66.5 Å². The van der Waals surface area contributed by atoms with Gasteiger partial charge >= 0.3 is 0 Å². The third-order valence-electron chi connectivity index (χ3n) is 5.95. The van der Waals surface area contributed by atoms with Gasteiger partial charge in [0.1, 0.15) is 5.75 Å². The summed E-state index contributed by atoms with van der Waals surface area (Å²) >= 11 is 7.65. The van der Waals surface area contributed by atoms with Crippen LogP contribution in [0.4, 0.5) is 5.13 Å². The molecule has 6 rings (SSSR count). The molecule has 0 radical (unpaired) electrons. The number of hydrogen-bond donors (Lipinski definition) is 1. The fourth-order valence-corrected chi connectivity index (χ4v) is 5.18. The van der Waals surface area contributed by atoms with Gasteiger partial charge in [-0.15, -0.1) is 11.3 Å². The molecule has 0 fully saturated rings. The smallest absolute Gasteiger partial charge is 0.207 e. The lowest BCUT2D eigenvalue weighted by Gasteiger charge is -2.19. The minimum absolute atomic E-state index is 0.0605. The standard InChI is InChI=1S/C27H20ClN5OS/c28-20-11-12-26(34)22(13-20)24-17-35-27(30-24)33-25(14-23(31-33)18-7-3-1-4-8-18)19-15-29-32(16-19)21-9-5-2-6-10-21/h1-13,15-17,25,34H,14H2. The van der Waals surface area contributed by atoms with Crippen LogP contribution in [0.5, 0.6) is 5.75 Å². The average molecular weight is 498 g/mol. The maximum Gasteiger partial charge on any atom is 0.207 e. The van der Waals surface area contributed by atoms with Gasteiger partial charge in [-0.25, -0.2) is 14.7 Å². The molecule has 172 valence electrons. The minimum atomic E-state index is -0.0605. The second-order valence-electron chi connectivity index (χ2n) is 8.21. The van der Waals surface area contributed by atoms with E-state index in [1.165, 1.54) is 11.3 Å². The number of halogens is 1. The van der Waals surface area contributed by atoms with Crippen molar-refractivity contribution in [1.82, 2.24) is 14.8 Å². The molecule has 1 unspecified atom stereocenters. The first kappa shape index (κ1) is 21.6. The summed E-state index contributed by atoms with van der Waals surface area (Å²) in [6, 6.07) is 25.1. The highest BCUT2D eigenvalue weighted by Crippen LogP contribution is 2.41. The Hall–Kier alpha value is -3.94. The second kappa shape index (κ2) is 9.02. The number of aromatic hydroxyl groups is 1. The largest absolute Gasteiger partial charge is 0.507 e. The van der Waals surface area contributed by atoms with E-state index >= 15 is 0 Å². The minimum Gasteiger partial charge on any atom is -0.507 e. The van der Waals surface area contributed by atoms with E-state index in [4.69, 9.17) is 21.7 Å². The molecule has 0 amide bonds. The predicted molar refractivity (Wildman–Crippen MR) is 141 cm³/mol. The number of phenolic OH excluding ortho intramolecular Hbond substituents is 1. The molecule has 1 aliphatic rings. The van der Waals surface area contributed by atoms with Gasteiger partial charge in [-0.05, 0) is 35.9 Å². The number of thiazole rings is 1. The van der Waals surface area contributed by atoms with Gasteiger partial charge in [-0.1, -0.05) is 60.1 Å². The Balaban J connectivity index is 1.39. The number of aromatic nitrogens is 3. The van der Waals surface area contributed by atoms with Crippen molar-refractivity contribution in [2.75, 3.05) is 5.01 Å². The van der Waals surface area contributed by atoms with Gasteiger partial charge in [0.15, 0.2) is 0 Å². The van der Waals surface area contributed by atoms with E-state index in [9.17, 15) is 5.11 Å². The van der Waals surface area contributed by atoms with Crippen molar-refractivity contribution in [3.05, 3.63) is 113 Å². The number of hydrazone groups is 1. The molecule has 0 spiro atoms. The van der Waals surface area contributed by atoms with Crippen molar-refractivity contribution < 1.29 is 5.11 Å². The normalized spacial score (nSPS) is 15.4. The number of para-hydroxylation sites is 1. The van der Waals surface area contributed by atoms with Crippen molar-refractivity contribution in [2.45, 2.75) is 12.5 Å². The van der Waals surface area contributed by atoms with E-state index in [-0.39, 0.29) is 11.8 Å². The maximum atomic E-state index is 10.3. The van der Waals surface area contributed by atoms with Crippen LogP contribution in [-0.4, -0.2) is 25.6 Å². The summed E-state index contributed by atoms with van der Waals surface area (Å²) < 4.78 is 1.88. The van der Waals surface area contributed by atoms with Gasteiger partial charge in [-0.3, -0.25) is 0 Å². The summed E-state index contributed by atoms with van der Waals surface area (Å²) in [4.78, 5) is 4.82. The van der Waals surface area contributed by atoms with Crippen LogP contribution in [0.15, 0.2) is 102 Å². The Kier molecular flexibility index (Phi) is 5.56. The molecule has 8 heteroatoms. The molecule has 0 aliphatic carbocycles. The molecule has 0 saturated heterocycles. The second-order valence-corrected chi connectivity index (χ2v) is 9.48. The lowest BCUT2D eigenvalue weighted by molar-refractivity contribution is 0.477. The molecule has 5 aromatic rings. The molecule has 35 heavy (non-hydrogen) atoms. The third-order valence-corrected chi connectivity index (χ3v) is 7.01. The number of rotatable bonds is 5. The molecule has 6 nitrogen and oxygen atoms in total. The summed E-state index contributed by atoms with van der Waals surface area (Å²) in [6.45, 7) is 0. The highest BCUT2D eigenvalue weighted by molar-refractivity contribution is 7.14. The van der Waals surface area contributed by atoms with Crippen molar-refractivity contribution in [1.29, 1.82) is 0 Å². The number of phenols is 1. The first-order valence-electron chi connectivity index (χ1n) is 11.1. The zero-order chi connectivity index (χ0) is 23.8. The summed E-state index contributed by atoms with van der Waals surface area (Å²) in [6.07, 6.45) is 4.67. The maximum absolute atomic E-state index is 10.3.